The summed E-state index contributed by atoms with van der Waals surface area (Å²) in [6.07, 6.45) is 1.70. The summed E-state index contributed by atoms with van der Waals surface area (Å²) in [7, 11) is 0. The smallest absolute Gasteiger partial charge is 0.326 e. The van der Waals surface area contributed by atoms with Crippen molar-refractivity contribution in [2.45, 2.75) is 12.3 Å². The van der Waals surface area contributed by atoms with E-state index in [-0.39, 0.29) is 5.97 Å². The van der Waals surface area contributed by atoms with Crippen LogP contribution in [0.4, 0.5) is 5.69 Å². The zero-order valence-corrected chi connectivity index (χ0v) is 11.2. The van der Waals surface area contributed by atoms with Crippen LogP contribution in [0.25, 0.3) is 0 Å². The van der Waals surface area contributed by atoms with Gasteiger partial charge in [-0.1, -0.05) is 48.5 Å². The summed E-state index contributed by atoms with van der Waals surface area (Å²) in [6, 6.07) is 17.3. The second-order valence-corrected chi connectivity index (χ2v) is 4.67. The summed E-state index contributed by atoms with van der Waals surface area (Å²) in [6.45, 7) is 2.16. The fraction of sp³-hybridized carbons (Fsp3) is 0.176. The third-order valence-corrected chi connectivity index (χ3v) is 3.55. The fourth-order valence-corrected chi connectivity index (χ4v) is 2.61. The van der Waals surface area contributed by atoms with E-state index in [0.29, 0.717) is 6.61 Å². The van der Waals surface area contributed by atoms with Crippen LogP contribution >= 0.6 is 0 Å². The zero-order valence-electron chi connectivity index (χ0n) is 11.2. The average Bonchev–Trinajstić information content (AvgIpc) is 2.89. The lowest BCUT2D eigenvalue weighted by Crippen LogP contribution is -2.38. The zero-order chi connectivity index (χ0) is 14.0. The number of rotatable bonds is 3. The SMILES string of the molecule is CCOC(=O)C1(c2ccccc2)C=Nc2ccccc21. The van der Waals surface area contributed by atoms with E-state index in [2.05, 4.69) is 4.99 Å². The van der Waals surface area contributed by atoms with Crippen molar-refractivity contribution in [2.24, 2.45) is 4.99 Å². The van der Waals surface area contributed by atoms with Crippen molar-refractivity contribution in [2.75, 3.05) is 6.61 Å². The number of hydrogen-bond donors (Lipinski definition) is 0. The van der Waals surface area contributed by atoms with Crippen molar-refractivity contribution < 1.29 is 9.53 Å². The van der Waals surface area contributed by atoms with Gasteiger partial charge in [0.1, 0.15) is 0 Å². The van der Waals surface area contributed by atoms with Crippen LogP contribution in [0.2, 0.25) is 0 Å². The second kappa shape index (κ2) is 4.93. The van der Waals surface area contributed by atoms with Gasteiger partial charge in [0, 0.05) is 11.8 Å². The number of nitrogens with zero attached hydrogens (tertiary/aromatic N) is 1. The minimum Gasteiger partial charge on any atom is -0.465 e. The van der Waals surface area contributed by atoms with E-state index in [4.69, 9.17) is 4.74 Å². The number of carbonyl (C=O) groups excluding carboxylic acids is 1. The number of aliphatic imine (C=N–C) groups is 1. The lowest BCUT2D eigenvalue weighted by atomic mass is 9.76. The number of fused-ring (bicyclic) bond motifs is 1. The lowest BCUT2D eigenvalue weighted by Gasteiger charge is -2.25. The van der Waals surface area contributed by atoms with Gasteiger partial charge in [0.25, 0.3) is 0 Å². The first kappa shape index (κ1) is 12.6. The van der Waals surface area contributed by atoms with Crippen LogP contribution < -0.4 is 0 Å². The monoisotopic (exact) mass is 265 g/mol. The van der Waals surface area contributed by atoms with Crippen LogP contribution in [0, 0.1) is 0 Å². The van der Waals surface area contributed by atoms with Crippen molar-refractivity contribution in [1.29, 1.82) is 0 Å². The van der Waals surface area contributed by atoms with Gasteiger partial charge in [0.2, 0.25) is 0 Å². The summed E-state index contributed by atoms with van der Waals surface area (Å²) in [5, 5.41) is 0. The number of ether oxygens (including phenoxy) is 1. The number of benzene rings is 2. The quantitative estimate of drug-likeness (QED) is 0.799. The first-order chi connectivity index (χ1) is 9.79. The van der Waals surface area contributed by atoms with Crippen molar-refractivity contribution in [1.82, 2.24) is 0 Å². The lowest BCUT2D eigenvalue weighted by molar-refractivity contribution is -0.145. The Morgan fingerprint density at radius 1 is 1.10 bits per heavy atom. The molecule has 0 aromatic heterocycles. The standard InChI is InChI=1S/C17H15NO2/c1-2-20-16(19)17(13-8-4-3-5-9-13)12-18-15-11-7-6-10-14(15)17/h3-12H,2H2,1H3. The Morgan fingerprint density at radius 3 is 2.55 bits per heavy atom. The molecule has 0 bridgehead atoms. The Hall–Kier alpha value is -2.42. The predicted molar refractivity (Wildman–Crippen MR) is 78.4 cm³/mol. The maximum Gasteiger partial charge on any atom is 0.326 e. The maximum absolute atomic E-state index is 12.6. The molecule has 1 unspecified atom stereocenters. The summed E-state index contributed by atoms with van der Waals surface area (Å²) in [5.41, 5.74) is 1.66. The molecule has 0 spiro atoms. The number of carbonyl (C=O) groups is 1. The Kier molecular flexibility index (Phi) is 3.11. The Bertz CT molecular complexity index is 664. The van der Waals surface area contributed by atoms with Gasteiger partial charge in [-0.25, -0.2) is 0 Å². The van der Waals surface area contributed by atoms with Crippen molar-refractivity contribution >= 4 is 17.9 Å². The molecule has 1 atom stereocenters. The molecule has 0 radical (unpaired) electrons. The van der Waals surface area contributed by atoms with Gasteiger partial charge in [-0.2, -0.15) is 0 Å². The fourth-order valence-electron chi connectivity index (χ4n) is 2.61. The third kappa shape index (κ3) is 1.74. The van der Waals surface area contributed by atoms with E-state index in [1.807, 2.05) is 61.5 Å². The van der Waals surface area contributed by atoms with Crippen LogP contribution in [-0.4, -0.2) is 18.8 Å². The molecule has 2 aromatic rings. The first-order valence-corrected chi connectivity index (χ1v) is 6.66. The largest absolute Gasteiger partial charge is 0.465 e. The van der Waals surface area contributed by atoms with Crippen molar-refractivity contribution in [3.05, 3.63) is 65.7 Å². The highest BCUT2D eigenvalue weighted by atomic mass is 16.5. The molecular formula is C17H15NO2. The van der Waals surface area contributed by atoms with Gasteiger partial charge in [0.05, 0.1) is 12.3 Å². The number of para-hydroxylation sites is 1. The molecule has 20 heavy (non-hydrogen) atoms. The van der Waals surface area contributed by atoms with E-state index in [1.165, 1.54) is 0 Å². The minimum atomic E-state index is -0.923. The molecule has 1 aliphatic heterocycles. The Balaban J connectivity index is 2.22. The molecule has 0 aliphatic carbocycles. The predicted octanol–water partition coefficient (Wildman–Crippen LogP) is 3.25. The second-order valence-electron chi connectivity index (χ2n) is 4.67. The molecular weight excluding hydrogens is 250 g/mol. The summed E-state index contributed by atoms with van der Waals surface area (Å²) in [4.78, 5) is 17.0. The van der Waals surface area contributed by atoms with Gasteiger partial charge in [-0.05, 0) is 18.6 Å². The summed E-state index contributed by atoms with van der Waals surface area (Å²) >= 11 is 0. The molecule has 2 aromatic carbocycles. The topological polar surface area (TPSA) is 38.7 Å². The van der Waals surface area contributed by atoms with Crippen LogP contribution in [0.5, 0.6) is 0 Å². The minimum absolute atomic E-state index is 0.278. The molecule has 0 saturated carbocycles. The highest BCUT2D eigenvalue weighted by Crippen LogP contribution is 2.42. The van der Waals surface area contributed by atoms with E-state index in [1.54, 1.807) is 6.21 Å². The van der Waals surface area contributed by atoms with Crippen LogP contribution in [0.15, 0.2) is 59.6 Å². The maximum atomic E-state index is 12.6. The Labute approximate surface area is 117 Å². The van der Waals surface area contributed by atoms with E-state index in [0.717, 1.165) is 16.8 Å². The molecule has 0 amide bonds. The van der Waals surface area contributed by atoms with Crippen LogP contribution in [-0.2, 0) is 14.9 Å². The number of hydrogen-bond acceptors (Lipinski definition) is 3. The molecule has 100 valence electrons. The van der Waals surface area contributed by atoms with Gasteiger partial charge in [-0.15, -0.1) is 0 Å². The normalized spacial score (nSPS) is 19.6. The third-order valence-electron chi connectivity index (χ3n) is 3.55. The Morgan fingerprint density at radius 2 is 1.80 bits per heavy atom. The molecule has 3 rings (SSSR count). The highest BCUT2D eigenvalue weighted by molar-refractivity contribution is 6.10. The molecule has 0 saturated heterocycles. The van der Waals surface area contributed by atoms with Crippen LogP contribution in [0.1, 0.15) is 18.1 Å². The molecule has 3 nitrogen and oxygen atoms in total. The van der Waals surface area contributed by atoms with Crippen molar-refractivity contribution in [3.8, 4) is 0 Å². The van der Waals surface area contributed by atoms with Gasteiger partial charge in [-0.3, -0.25) is 9.79 Å². The van der Waals surface area contributed by atoms with Gasteiger partial charge < -0.3 is 4.74 Å². The first-order valence-electron chi connectivity index (χ1n) is 6.66. The average molecular weight is 265 g/mol. The molecule has 1 aliphatic rings. The van der Waals surface area contributed by atoms with Crippen molar-refractivity contribution in [3.63, 3.8) is 0 Å². The molecule has 1 heterocycles. The highest BCUT2D eigenvalue weighted by Gasteiger charge is 2.46. The molecule has 3 heteroatoms. The van der Waals surface area contributed by atoms with E-state index < -0.39 is 5.41 Å². The van der Waals surface area contributed by atoms with E-state index >= 15 is 0 Å². The molecule has 0 N–H and O–H groups in total. The number of esters is 1. The summed E-state index contributed by atoms with van der Waals surface area (Å²) < 4.78 is 5.31. The van der Waals surface area contributed by atoms with Gasteiger partial charge >= 0.3 is 5.97 Å². The van der Waals surface area contributed by atoms with Gasteiger partial charge in [0.15, 0.2) is 5.41 Å². The summed E-state index contributed by atoms with van der Waals surface area (Å²) in [5.74, 6) is -0.278. The van der Waals surface area contributed by atoms with Crippen LogP contribution in [0.3, 0.4) is 0 Å². The molecule has 0 fully saturated rings. The van der Waals surface area contributed by atoms with E-state index in [9.17, 15) is 4.79 Å².